The van der Waals surface area contributed by atoms with Gasteiger partial charge in [0.15, 0.2) is 0 Å². The molecular weight excluding hydrogens is 422 g/mol. The van der Waals surface area contributed by atoms with E-state index in [2.05, 4.69) is 36.2 Å². The Morgan fingerprint density at radius 2 is 2.07 bits per heavy atom. The molecule has 1 aliphatic rings. The summed E-state index contributed by atoms with van der Waals surface area (Å²) < 4.78 is 2.33. The maximum Gasteiger partial charge on any atom is 0.275 e. The number of hydrogen-bond acceptors (Lipinski definition) is 5. The molecule has 1 fully saturated rings. The fraction of sp³-hybridized carbons (Fsp3) is 0.300. The number of carbonyl (C=O) groups excluding carboxylic acids is 1. The first-order chi connectivity index (χ1) is 13.6. The molecule has 1 amide bonds. The van der Waals surface area contributed by atoms with Crippen molar-refractivity contribution in [2.45, 2.75) is 19.5 Å². The van der Waals surface area contributed by atoms with E-state index in [0.717, 1.165) is 29.2 Å². The summed E-state index contributed by atoms with van der Waals surface area (Å²) >= 11 is 3.33. The van der Waals surface area contributed by atoms with Crippen LogP contribution in [0.2, 0.25) is 0 Å². The normalized spacial score (nSPS) is 17.5. The number of carbonyl (C=O) groups is 1. The third-order valence-electron chi connectivity index (χ3n) is 4.95. The van der Waals surface area contributed by atoms with Gasteiger partial charge in [-0.05, 0) is 53.5 Å². The van der Waals surface area contributed by atoms with E-state index in [0.29, 0.717) is 24.4 Å². The van der Waals surface area contributed by atoms with Crippen LogP contribution in [-0.2, 0) is 11.5 Å². The molecule has 0 aliphatic carbocycles. The first kappa shape index (κ1) is 18.8. The summed E-state index contributed by atoms with van der Waals surface area (Å²) in [4.78, 5) is 31.6. The van der Waals surface area contributed by atoms with Crippen molar-refractivity contribution < 1.29 is 4.79 Å². The van der Waals surface area contributed by atoms with Crippen LogP contribution in [0.15, 0.2) is 58.1 Å². The average Bonchev–Trinajstić information content (AvgIpc) is 2.72. The lowest BCUT2D eigenvalue weighted by Gasteiger charge is -2.31. The maximum atomic E-state index is 12.7. The van der Waals surface area contributed by atoms with Gasteiger partial charge < -0.3 is 5.32 Å². The smallest absolute Gasteiger partial charge is 0.275 e. The van der Waals surface area contributed by atoms with Crippen LogP contribution in [0, 0.1) is 5.92 Å². The zero-order chi connectivity index (χ0) is 19.5. The van der Waals surface area contributed by atoms with Crippen molar-refractivity contribution in [3.05, 3.63) is 63.6 Å². The molecule has 1 N–H and O–H groups in total. The molecule has 0 radical (unpaired) electrons. The molecule has 7 nitrogen and oxygen atoms in total. The van der Waals surface area contributed by atoms with Gasteiger partial charge in [-0.1, -0.05) is 18.2 Å². The minimum Gasteiger partial charge on any atom is -0.310 e. The summed E-state index contributed by atoms with van der Waals surface area (Å²) in [6, 6.07) is 11.0. The Balaban J connectivity index is 1.44. The first-order valence-corrected chi connectivity index (χ1v) is 9.99. The number of benzene rings is 1. The molecule has 28 heavy (non-hydrogen) atoms. The van der Waals surface area contributed by atoms with E-state index in [1.54, 1.807) is 18.5 Å². The molecule has 2 aromatic heterocycles. The molecule has 1 aliphatic heterocycles. The van der Waals surface area contributed by atoms with Crippen LogP contribution in [0.4, 0.5) is 5.82 Å². The lowest BCUT2D eigenvalue weighted by atomic mass is 9.97. The van der Waals surface area contributed by atoms with Gasteiger partial charge in [-0.2, -0.15) is 5.10 Å². The molecule has 3 aromatic rings. The highest BCUT2D eigenvalue weighted by Crippen LogP contribution is 2.19. The van der Waals surface area contributed by atoms with Crippen molar-refractivity contribution in [1.29, 1.82) is 0 Å². The lowest BCUT2D eigenvalue weighted by Crippen LogP contribution is -2.43. The third-order valence-corrected chi connectivity index (χ3v) is 5.42. The summed E-state index contributed by atoms with van der Waals surface area (Å²) in [6.07, 6.45) is 5.08. The highest BCUT2D eigenvalue weighted by Gasteiger charge is 2.26. The van der Waals surface area contributed by atoms with Crippen molar-refractivity contribution in [3.8, 4) is 0 Å². The van der Waals surface area contributed by atoms with Crippen LogP contribution in [-0.4, -0.2) is 38.7 Å². The van der Waals surface area contributed by atoms with E-state index in [-0.39, 0.29) is 17.4 Å². The SMILES string of the molecule is O=C(Nc1ccc(Br)cn1)C1CCCN(Cn2ncc3ccccc3c2=O)C1. The molecule has 1 saturated heterocycles. The van der Waals surface area contributed by atoms with Crippen molar-refractivity contribution >= 4 is 38.4 Å². The topological polar surface area (TPSA) is 80.1 Å². The Morgan fingerprint density at radius 3 is 2.89 bits per heavy atom. The van der Waals surface area contributed by atoms with Gasteiger partial charge in [-0.3, -0.25) is 14.5 Å². The number of amides is 1. The second kappa shape index (κ2) is 8.20. The van der Waals surface area contributed by atoms with Gasteiger partial charge >= 0.3 is 0 Å². The van der Waals surface area contributed by atoms with Crippen molar-refractivity contribution in [2.75, 3.05) is 18.4 Å². The first-order valence-electron chi connectivity index (χ1n) is 9.20. The summed E-state index contributed by atoms with van der Waals surface area (Å²) in [7, 11) is 0. The van der Waals surface area contributed by atoms with Crippen molar-refractivity contribution in [1.82, 2.24) is 19.7 Å². The fourth-order valence-electron chi connectivity index (χ4n) is 3.49. The van der Waals surface area contributed by atoms with E-state index < -0.39 is 0 Å². The van der Waals surface area contributed by atoms with Crippen LogP contribution in [0.3, 0.4) is 0 Å². The largest absolute Gasteiger partial charge is 0.310 e. The number of nitrogens with zero attached hydrogens (tertiary/aromatic N) is 4. The number of rotatable bonds is 4. The monoisotopic (exact) mass is 441 g/mol. The van der Waals surface area contributed by atoms with E-state index in [9.17, 15) is 9.59 Å². The summed E-state index contributed by atoms with van der Waals surface area (Å²) in [5.41, 5.74) is -0.108. The van der Waals surface area contributed by atoms with Gasteiger partial charge in [-0.15, -0.1) is 0 Å². The predicted octanol–water partition coefficient (Wildman–Crippen LogP) is 2.86. The molecule has 4 rings (SSSR count). The van der Waals surface area contributed by atoms with Gasteiger partial charge in [0, 0.05) is 22.6 Å². The maximum absolute atomic E-state index is 12.7. The molecule has 8 heteroatoms. The number of hydrogen-bond donors (Lipinski definition) is 1. The van der Waals surface area contributed by atoms with Gasteiger partial charge in [-0.25, -0.2) is 9.67 Å². The molecule has 1 aromatic carbocycles. The quantitative estimate of drug-likeness (QED) is 0.672. The zero-order valence-corrected chi connectivity index (χ0v) is 16.8. The summed E-state index contributed by atoms with van der Waals surface area (Å²) in [5, 5.41) is 8.66. The molecular formula is C20H20BrN5O2. The minimum atomic E-state index is -0.143. The summed E-state index contributed by atoms with van der Waals surface area (Å²) in [5.74, 6) is 0.353. The number of likely N-dealkylation sites (tertiary alicyclic amines) is 1. The standard InChI is InChI=1S/C20H20BrN5O2/c21-16-7-8-18(22-11-16)24-19(27)15-5-3-9-25(12-15)13-26-20(28)17-6-2-1-4-14(17)10-23-26/h1-2,4,6-8,10-11,15H,3,5,9,12-13H2,(H,22,24,27). The van der Waals surface area contributed by atoms with Crippen LogP contribution < -0.4 is 10.9 Å². The number of fused-ring (bicyclic) bond motifs is 1. The Bertz CT molecular complexity index is 1050. The Morgan fingerprint density at radius 1 is 1.21 bits per heavy atom. The van der Waals surface area contributed by atoms with Gasteiger partial charge in [0.1, 0.15) is 5.82 Å². The van der Waals surface area contributed by atoms with Crippen LogP contribution >= 0.6 is 15.9 Å². The molecule has 1 unspecified atom stereocenters. The predicted molar refractivity (Wildman–Crippen MR) is 111 cm³/mol. The van der Waals surface area contributed by atoms with E-state index in [1.807, 2.05) is 30.3 Å². The highest BCUT2D eigenvalue weighted by molar-refractivity contribution is 9.10. The Hall–Kier alpha value is -2.58. The molecule has 3 heterocycles. The molecule has 0 saturated carbocycles. The van der Waals surface area contributed by atoms with Gasteiger partial charge in [0.25, 0.3) is 5.56 Å². The number of piperidine rings is 1. The molecule has 144 valence electrons. The zero-order valence-electron chi connectivity index (χ0n) is 15.2. The number of nitrogens with one attached hydrogen (secondary N) is 1. The molecule has 0 spiro atoms. The van der Waals surface area contributed by atoms with Gasteiger partial charge in [0.05, 0.1) is 24.2 Å². The number of anilines is 1. The molecule has 0 bridgehead atoms. The second-order valence-electron chi connectivity index (χ2n) is 6.94. The van der Waals surface area contributed by atoms with E-state index in [1.165, 1.54) is 4.68 Å². The Kier molecular flexibility index (Phi) is 5.50. The average molecular weight is 442 g/mol. The molecule has 1 atom stereocenters. The number of pyridine rings is 1. The summed E-state index contributed by atoms with van der Waals surface area (Å²) in [6.45, 7) is 1.80. The van der Waals surface area contributed by atoms with Crippen LogP contribution in [0.1, 0.15) is 12.8 Å². The van der Waals surface area contributed by atoms with Crippen LogP contribution in [0.25, 0.3) is 10.8 Å². The van der Waals surface area contributed by atoms with E-state index in [4.69, 9.17) is 0 Å². The van der Waals surface area contributed by atoms with Crippen molar-refractivity contribution in [3.63, 3.8) is 0 Å². The fourth-order valence-corrected chi connectivity index (χ4v) is 3.73. The van der Waals surface area contributed by atoms with Crippen LogP contribution in [0.5, 0.6) is 0 Å². The van der Waals surface area contributed by atoms with Crippen molar-refractivity contribution in [2.24, 2.45) is 5.92 Å². The minimum absolute atomic E-state index is 0.0432. The number of aromatic nitrogens is 3. The highest BCUT2D eigenvalue weighted by atomic mass is 79.9. The van der Waals surface area contributed by atoms with E-state index >= 15 is 0 Å². The Labute approximate surface area is 170 Å². The lowest BCUT2D eigenvalue weighted by molar-refractivity contribution is -0.121. The second-order valence-corrected chi connectivity index (χ2v) is 7.86. The number of halogens is 1. The third kappa shape index (κ3) is 4.13. The van der Waals surface area contributed by atoms with Gasteiger partial charge in [0.2, 0.25) is 5.91 Å².